The quantitative estimate of drug-likeness (QED) is 0.390. The van der Waals surface area contributed by atoms with Gasteiger partial charge in [-0.2, -0.15) is 0 Å². The van der Waals surface area contributed by atoms with Crippen LogP contribution in [0.5, 0.6) is 17.2 Å². The summed E-state index contributed by atoms with van der Waals surface area (Å²) in [6, 6.07) is 14.3. The number of pyridine rings is 1. The highest BCUT2D eigenvalue weighted by molar-refractivity contribution is 6.01. The second-order valence-corrected chi connectivity index (χ2v) is 6.42. The van der Waals surface area contributed by atoms with Gasteiger partial charge in [-0.05, 0) is 67.1 Å². The fourth-order valence-corrected chi connectivity index (χ4v) is 2.57. The highest BCUT2D eigenvalue weighted by Crippen LogP contribution is 2.25. The Hall–Kier alpha value is -4.20. The van der Waals surface area contributed by atoms with Crippen molar-refractivity contribution in [3.63, 3.8) is 0 Å². The third kappa shape index (κ3) is 6.94. The van der Waals surface area contributed by atoms with Crippen LogP contribution in [0.1, 0.15) is 12.5 Å². The lowest BCUT2D eigenvalue weighted by Crippen LogP contribution is -2.14. The van der Waals surface area contributed by atoms with E-state index >= 15 is 0 Å². The smallest absolute Gasteiger partial charge is 0.344 e. The van der Waals surface area contributed by atoms with Crippen molar-refractivity contribution in [2.75, 3.05) is 18.5 Å². The van der Waals surface area contributed by atoms with Crippen LogP contribution in [0.3, 0.4) is 0 Å². The average Bonchev–Trinajstić information content (AvgIpc) is 2.80. The fourth-order valence-electron chi connectivity index (χ4n) is 2.57. The molecule has 0 spiro atoms. The fraction of sp³-hybridized carbons (Fsp3) is 0.125. The topological polar surface area (TPSA) is 86.8 Å². The molecule has 1 amide bonds. The first kappa shape index (κ1) is 22.5. The minimum atomic E-state index is -0.560. The first-order valence-corrected chi connectivity index (χ1v) is 9.78. The van der Waals surface area contributed by atoms with Crippen LogP contribution in [-0.2, 0) is 14.3 Å². The van der Waals surface area contributed by atoms with Crippen molar-refractivity contribution in [2.24, 2.45) is 0 Å². The largest absolute Gasteiger partial charge is 0.482 e. The van der Waals surface area contributed by atoms with Gasteiger partial charge in [0.2, 0.25) is 5.91 Å². The maximum atomic E-state index is 14.3. The normalized spacial score (nSPS) is 10.6. The molecule has 32 heavy (non-hydrogen) atoms. The number of carbonyl (C=O) groups is 2. The summed E-state index contributed by atoms with van der Waals surface area (Å²) in [7, 11) is 0. The van der Waals surface area contributed by atoms with Gasteiger partial charge in [0.05, 0.1) is 12.8 Å². The van der Waals surface area contributed by atoms with Crippen molar-refractivity contribution < 1.29 is 28.2 Å². The van der Waals surface area contributed by atoms with Crippen molar-refractivity contribution >= 4 is 23.6 Å². The molecule has 0 fully saturated rings. The van der Waals surface area contributed by atoms with E-state index in [1.807, 2.05) is 0 Å². The van der Waals surface area contributed by atoms with Gasteiger partial charge in [-0.25, -0.2) is 9.18 Å². The Kier molecular flexibility index (Phi) is 7.91. The van der Waals surface area contributed by atoms with Crippen LogP contribution in [0.15, 0.2) is 73.1 Å². The van der Waals surface area contributed by atoms with Crippen molar-refractivity contribution in [1.82, 2.24) is 4.98 Å². The van der Waals surface area contributed by atoms with E-state index in [4.69, 9.17) is 14.2 Å². The van der Waals surface area contributed by atoms with Crippen LogP contribution in [0.25, 0.3) is 6.08 Å². The van der Waals surface area contributed by atoms with E-state index in [-0.39, 0.29) is 24.9 Å². The second-order valence-electron chi connectivity index (χ2n) is 6.42. The summed E-state index contributed by atoms with van der Waals surface area (Å²) in [5.41, 5.74) is 1.04. The van der Waals surface area contributed by atoms with Crippen molar-refractivity contribution in [3.8, 4) is 17.2 Å². The maximum Gasteiger partial charge on any atom is 0.344 e. The summed E-state index contributed by atoms with van der Waals surface area (Å²) in [5.74, 6) is -0.453. The van der Waals surface area contributed by atoms with E-state index in [0.29, 0.717) is 22.7 Å². The number of ether oxygens (including phenoxy) is 3. The Labute approximate surface area is 184 Å². The van der Waals surface area contributed by atoms with Gasteiger partial charge in [0.25, 0.3) is 0 Å². The number of halogens is 1. The number of carbonyl (C=O) groups excluding carboxylic acids is 2. The Balaban J connectivity index is 1.52. The van der Waals surface area contributed by atoms with Crippen LogP contribution >= 0.6 is 0 Å². The molecule has 0 aliphatic carbocycles. The van der Waals surface area contributed by atoms with Crippen molar-refractivity contribution in [2.45, 2.75) is 6.92 Å². The van der Waals surface area contributed by atoms with Crippen LogP contribution in [-0.4, -0.2) is 30.1 Å². The molecule has 0 atom stereocenters. The molecule has 0 bridgehead atoms. The number of rotatable bonds is 9. The van der Waals surface area contributed by atoms with Crippen molar-refractivity contribution in [3.05, 3.63) is 84.4 Å². The van der Waals surface area contributed by atoms with Crippen LogP contribution in [0.4, 0.5) is 10.1 Å². The summed E-state index contributed by atoms with van der Waals surface area (Å²) in [4.78, 5) is 27.3. The third-order valence-electron chi connectivity index (χ3n) is 4.03. The second kappa shape index (κ2) is 11.3. The highest BCUT2D eigenvalue weighted by Gasteiger charge is 2.06. The summed E-state index contributed by atoms with van der Waals surface area (Å²) in [6.45, 7) is 1.81. The number of hydrogen-bond donors (Lipinski definition) is 1. The van der Waals surface area contributed by atoms with E-state index in [1.165, 1.54) is 30.5 Å². The van der Waals surface area contributed by atoms with Gasteiger partial charge in [-0.15, -0.1) is 0 Å². The zero-order valence-corrected chi connectivity index (χ0v) is 17.3. The predicted molar refractivity (Wildman–Crippen MR) is 117 cm³/mol. The Morgan fingerprint density at radius 2 is 1.91 bits per heavy atom. The van der Waals surface area contributed by atoms with E-state index < -0.39 is 11.8 Å². The van der Waals surface area contributed by atoms with Gasteiger partial charge in [0, 0.05) is 18.0 Å². The number of amides is 1. The lowest BCUT2D eigenvalue weighted by atomic mass is 10.2. The molecule has 0 aliphatic rings. The molecule has 1 heterocycles. The molecule has 0 saturated heterocycles. The molecular formula is C24H21FN2O5. The lowest BCUT2D eigenvalue weighted by Gasteiger charge is -2.07. The Morgan fingerprint density at radius 1 is 1.09 bits per heavy atom. The van der Waals surface area contributed by atoms with E-state index in [2.05, 4.69) is 10.3 Å². The molecular weight excluding hydrogens is 415 g/mol. The minimum absolute atomic E-state index is 0.0601. The molecule has 8 heteroatoms. The predicted octanol–water partition coefficient (Wildman–Crippen LogP) is 4.61. The Bertz CT molecular complexity index is 1090. The zero-order valence-electron chi connectivity index (χ0n) is 17.3. The summed E-state index contributed by atoms with van der Waals surface area (Å²) in [5, 5.41) is 2.68. The van der Waals surface area contributed by atoms with E-state index in [9.17, 15) is 14.0 Å². The van der Waals surface area contributed by atoms with Gasteiger partial charge in [-0.1, -0.05) is 6.07 Å². The molecule has 3 rings (SSSR count). The molecule has 0 unspecified atom stereocenters. The van der Waals surface area contributed by atoms with Gasteiger partial charge in [0.15, 0.2) is 18.2 Å². The number of anilines is 1. The minimum Gasteiger partial charge on any atom is -0.482 e. The summed E-state index contributed by atoms with van der Waals surface area (Å²) >= 11 is 0. The van der Waals surface area contributed by atoms with Crippen LogP contribution in [0, 0.1) is 5.82 Å². The third-order valence-corrected chi connectivity index (χ3v) is 4.03. The van der Waals surface area contributed by atoms with E-state index in [1.54, 1.807) is 55.6 Å². The SMILES string of the molecule is CCOC(=O)COc1ccc(NC(=O)/C=C/c2ccc(Oc3cccnc3)c(F)c2)cc1. The number of hydrogen-bond acceptors (Lipinski definition) is 6. The molecule has 164 valence electrons. The monoisotopic (exact) mass is 436 g/mol. The number of nitrogens with one attached hydrogen (secondary N) is 1. The summed E-state index contributed by atoms with van der Waals surface area (Å²) < 4.78 is 29.8. The molecule has 0 saturated carbocycles. The van der Waals surface area contributed by atoms with E-state index in [0.717, 1.165) is 0 Å². The summed E-state index contributed by atoms with van der Waals surface area (Å²) in [6.07, 6.45) is 5.86. The standard InChI is InChI=1S/C24H21FN2O5/c1-2-30-24(29)16-31-19-9-7-18(8-10-19)27-23(28)12-6-17-5-11-22(21(25)14-17)32-20-4-3-13-26-15-20/h3-15H,2,16H2,1H3,(H,27,28)/b12-6+. The van der Waals surface area contributed by atoms with Crippen LogP contribution in [0.2, 0.25) is 0 Å². The molecule has 1 N–H and O–H groups in total. The number of benzene rings is 2. The molecule has 0 radical (unpaired) electrons. The molecule has 7 nitrogen and oxygen atoms in total. The number of esters is 1. The van der Waals surface area contributed by atoms with Gasteiger partial charge >= 0.3 is 5.97 Å². The first-order valence-electron chi connectivity index (χ1n) is 9.78. The molecule has 1 aromatic heterocycles. The van der Waals surface area contributed by atoms with Gasteiger partial charge in [0.1, 0.15) is 11.5 Å². The number of aromatic nitrogens is 1. The molecule has 0 aliphatic heterocycles. The average molecular weight is 436 g/mol. The first-order chi connectivity index (χ1) is 15.5. The van der Waals surface area contributed by atoms with Gasteiger partial charge < -0.3 is 19.5 Å². The number of nitrogens with zero attached hydrogens (tertiary/aromatic N) is 1. The lowest BCUT2D eigenvalue weighted by molar-refractivity contribution is -0.145. The van der Waals surface area contributed by atoms with Crippen LogP contribution < -0.4 is 14.8 Å². The van der Waals surface area contributed by atoms with Crippen molar-refractivity contribution in [1.29, 1.82) is 0 Å². The zero-order chi connectivity index (χ0) is 22.8. The maximum absolute atomic E-state index is 14.3. The molecule has 2 aromatic carbocycles. The van der Waals surface area contributed by atoms with Gasteiger partial charge in [-0.3, -0.25) is 9.78 Å². The Morgan fingerprint density at radius 3 is 2.59 bits per heavy atom. The molecule has 3 aromatic rings. The highest BCUT2D eigenvalue weighted by atomic mass is 19.1.